The van der Waals surface area contributed by atoms with E-state index in [2.05, 4.69) is 9.88 Å². The first-order valence-corrected chi connectivity index (χ1v) is 11.3. The number of nitrogens with zero attached hydrogens (tertiary/aromatic N) is 3. The first-order valence-electron chi connectivity index (χ1n) is 11.3. The summed E-state index contributed by atoms with van der Waals surface area (Å²) in [5.74, 6) is 0.833. The normalized spacial score (nSPS) is 26.7. The van der Waals surface area contributed by atoms with Gasteiger partial charge in [0.2, 0.25) is 0 Å². The third-order valence-electron chi connectivity index (χ3n) is 7.34. The van der Waals surface area contributed by atoms with Gasteiger partial charge in [0.1, 0.15) is 0 Å². The van der Waals surface area contributed by atoms with Gasteiger partial charge in [-0.05, 0) is 63.5 Å². The largest absolute Gasteiger partial charge is 0.381 e. The van der Waals surface area contributed by atoms with Gasteiger partial charge in [-0.2, -0.15) is 0 Å². The lowest BCUT2D eigenvalue weighted by Gasteiger charge is -2.62. The van der Waals surface area contributed by atoms with E-state index in [4.69, 9.17) is 9.47 Å². The topological polar surface area (TPSA) is 72.0 Å². The zero-order valence-corrected chi connectivity index (χ0v) is 17.7. The van der Waals surface area contributed by atoms with Crippen molar-refractivity contribution in [3.63, 3.8) is 0 Å². The van der Waals surface area contributed by atoms with E-state index in [0.717, 1.165) is 31.4 Å². The number of aryl methyl sites for hydroxylation is 1. The van der Waals surface area contributed by atoms with Gasteiger partial charge in [0, 0.05) is 44.2 Å². The molecule has 1 atom stereocenters. The van der Waals surface area contributed by atoms with Gasteiger partial charge in [-0.3, -0.25) is 14.6 Å². The summed E-state index contributed by atoms with van der Waals surface area (Å²) in [5, 5.41) is 0. The van der Waals surface area contributed by atoms with E-state index in [1.165, 1.54) is 12.8 Å². The molecule has 5 rings (SSSR count). The van der Waals surface area contributed by atoms with E-state index >= 15 is 0 Å². The number of likely N-dealkylation sites (tertiary alicyclic amines) is 2. The molecular weight excluding hydrogens is 382 g/mol. The molecule has 1 saturated carbocycles. The van der Waals surface area contributed by atoms with Crippen molar-refractivity contribution < 1.29 is 19.1 Å². The number of hydrogen-bond donors (Lipinski definition) is 0. The highest BCUT2D eigenvalue weighted by atomic mass is 16.5. The molecule has 3 saturated heterocycles. The zero-order chi connectivity index (χ0) is 20.7. The number of hydrogen-bond acceptors (Lipinski definition) is 5. The molecule has 4 fully saturated rings. The summed E-state index contributed by atoms with van der Waals surface area (Å²) in [4.78, 5) is 34.3. The molecule has 1 unspecified atom stereocenters. The van der Waals surface area contributed by atoms with Crippen molar-refractivity contribution in [3.8, 4) is 0 Å². The second kappa shape index (κ2) is 7.93. The fourth-order valence-corrected chi connectivity index (χ4v) is 5.36. The van der Waals surface area contributed by atoms with Crippen LogP contribution in [0.4, 0.5) is 0 Å². The third kappa shape index (κ3) is 3.42. The first kappa shape index (κ1) is 19.9. The lowest BCUT2D eigenvalue weighted by atomic mass is 9.72. The quantitative estimate of drug-likeness (QED) is 0.692. The highest BCUT2D eigenvalue weighted by molar-refractivity contribution is 5.95. The maximum Gasteiger partial charge on any atom is 0.255 e. The predicted molar refractivity (Wildman–Crippen MR) is 110 cm³/mol. The molecule has 4 heterocycles. The van der Waals surface area contributed by atoms with Gasteiger partial charge < -0.3 is 19.3 Å². The lowest BCUT2D eigenvalue weighted by molar-refractivity contribution is -0.219. The van der Waals surface area contributed by atoms with Crippen LogP contribution in [0.1, 0.15) is 54.6 Å². The van der Waals surface area contributed by atoms with Gasteiger partial charge in [-0.25, -0.2) is 0 Å². The molecule has 1 aromatic heterocycles. The lowest BCUT2D eigenvalue weighted by Crippen LogP contribution is -2.79. The van der Waals surface area contributed by atoms with Crippen LogP contribution in [0.3, 0.4) is 0 Å². The summed E-state index contributed by atoms with van der Waals surface area (Å²) >= 11 is 0. The van der Waals surface area contributed by atoms with Gasteiger partial charge in [-0.15, -0.1) is 0 Å². The maximum absolute atomic E-state index is 13.1. The van der Waals surface area contributed by atoms with E-state index in [-0.39, 0.29) is 29.5 Å². The molecule has 1 aromatic rings. The second-order valence-electron chi connectivity index (χ2n) is 9.24. The SMILES string of the molecule is Cc1ncccc1C(=O)N1CCC(N2C(=O)C(OCC3CC3)C23CCOCC3)CC1. The van der Waals surface area contributed by atoms with Crippen molar-refractivity contribution in [1.29, 1.82) is 0 Å². The van der Waals surface area contributed by atoms with Crippen molar-refractivity contribution >= 4 is 11.8 Å². The summed E-state index contributed by atoms with van der Waals surface area (Å²) in [6, 6.07) is 3.83. The van der Waals surface area contributed by atoms with Crippen LogP contribution in [0.5, 0.6) is 0 Å². The van der Waals surface area contributed by atoms with Crippen LogP contribution in [0.15, 0.2) is 18.3 Å². The Bertz CT molecular complexity index is 810. The van der Waals surface area contributed by atoms with Crippen LogP contribution in [-0.2, 0) is 14.3 Å². The fraction of sp³-hybridized carbons (Fsp3) is 0.696. The van der Waals surface area contributed by atoms with Crippen molar-refractivity contribution in [2.24, 2.45) is 5.92 Å². The molecule has 1 aliphatic carbocycles. The summed E-state index contributed by atoms with van der Waals surface area (Å²) in [6.07, 6.45) is 7.18. The number of aromatic nitrogens is 1. The molecule has 0 bridgehead atoms. The molecule has 0 N–H and O–H groups in total. The minimum atomic E-state index is -0.306. The van der Waals surface area contributed by atoms with Crippen molar-refractivity contribution in [1.82, 2.24) is 14.8 Å². The summed E-state index contributed by atoms with van der Waals surface area (Å²) < 4.78 is 11.8. The number of pyridine rings is 1. The van der Waals surface area contributed by atoms with Gasteiger partial charge in [-0.1, -0.05) is 0 Å². The molecule has 0 radical (unpaired) electrons. The molecule has 2 amide bonds. The summed E-state index contributed by atoms with van der Waals surface area (Å²) in [7, 11) is 0. The van der Waals surface area contributed by atoms with E-state index in [1.807, 2.05) is 24.0 Å². The maximum atomic E-state index is 13.1. The molecule has 4 aliphatic rings. The Balaban J connectivity index is 1.25. The van der Waals surface area contributed by atoms with E-state index in [1.54, 1.807) is 6.20 Å². The van der Waals surface area contributed by atoms with Crippen molar-refractivity contribution in [2.45, 2.75) is 63.1 Å². The standard InChI is InChI=1S/C23H31N3O4/c1-16-19(3-2-10-24-16)21(27)25-11-6-18(7-12-25)26-22(28)20(30-15-17-4-5-17)23(26)8-13-29-14-9-23/h2-3,10,17-18,20H,4-9,11-15H2,1H3. The zero-order valence-electron chi connectivity index (χ0n) is 17.7. The molecule has 3 aliphatic heterocycles. The third-order valence-corrected chi connectivity index (χ3v) is 7.34. The van der Waals surface area contributed by atoms with Crippen LogP contribution < -0.4 is 0 Å². The average molecular weight is 414 g/mol. The summed E-state index contributed by atoms with van der Waals surface area (Å²) in [5.41, 5.74) is 1.23. The van der Waals surface area contributed by atoms with E-state index in [0.29, 0.717) is 44.4 Å². The van der Waals surface area contributed by atoms with Gasteiger partial charge in [0.05, 0.1) is 17.7 Å². The highest BCUT2D eigenvalue weighted by Gasteiger charge is 2.63. The molecule has 30 heavy (non-hydrogen) atoms. The average Bonchev–Trinajstić information content (AvgIpc) is 3.59. The Labute approximate surface area is 177 Å². The number of amides is 2. The number of rotatable bonds is 5. The number of ether oxygens (including phenoxy) is 2. The first-order chi connectivity index (χ1) is 14.6. The Morgan fingerprint density at radius 1 is 1.23 bits per heavy atom. The molecule has 7 nitrogen and oxygen atoms in total. The van der Waals surface area contributed by atoms with Crippen LogP contribution >= 0.6 is 0 Å². The monoisotopic (exact) mass is 413 g/mol. The number of piperidine rings is 1. The van der Waals surface area contributed by atoms with Gasteiger partial charge >= 0.3 is 0 Å². The van der Waals surface area contributed by atoms with Crippen LogP contribution in [0, 0.1) is 12.8 Å². The van der Waals surface area contributed by atoms with Crippen LogP contribution in [0.2, 0.25) is 0 Å². The number of β-lactam (4-membered cyclic amide) rings is 1. The predicted octanol–water partition coefficient (Wildman–Crippen LogP) is 2.18. The Hall–Kier alpha value is -1.99. The van der Waals surface area contributed by atoms with Crippen LogP contribution in [0.25, 0.3) is 0 Å². The molecule has 0 aromatic carbocycles. The molecule has 1 spiro atoms. The Morgan fingerprint density at radius 3 is 2.63 bits per heavy atom. The Morgan fingerprint density at radius 2 is 1.97 bits per heavy atom. The summed E-state index contributed by atoms with van der Waals surface area (Å²) in [6.45, 7) is 5.29. The molecular formula is C23H31N3O4. The minimum Gasteiger partial charge on any atom is -0.381 e. The van der Waals surface area contributed by atoms with Gasteiger partial charge in [0.15, 0.2) is 6.10 Å². The van der Waals surface area contributed by atoms with E-state index < -0.39 is 0 Å². The number of carbonyl (C=O) groups is 2. The Kier molecular flexibility index (Phi) is 5.27. The van der Waals surface area contributed by atoms with Crippen molar-refractivity contribution in [3.05, 3.63) is 29.6 Å². The molecule has 162 valence electrons. The van der Waals surface area contributed by atoms with Gasteiger partial charge in [0.25, 0.3) is 11.8 Å². The molecule has 7 heteroatoms. The second-order valence-corrected chi connectivity index (χ2v) is 9.24. The number of carbonyl (C=O) groups excluding carboxylic acids is 2. The van der Waals surface area contributed by atoms with E-state index in [9.17, 15) is 9.59 Å². The minimum absolute atomic E-state index is 0.0420. The fourth-order valence-electron chi connectivity index (χ4n) is 5.36. The highest BCUT2D eigenvalue weighted by Crippen LogP contribution is 2.46. The smallest absolute Gasteiger partial charge is 0.255 e. The van der Waals surface area contributed by atoms with Crippen LogP contribution in [-0.4, -0.2) is 77.2 Å². The van der Waals surface area contributed by atoms with Crippen molar-refractivity contribution in [2.75, 3.05) is 32.9 Å².